The molecule has 0 saturated carbocycles. The van der Waals surface area contributed by atoms with Crippen molar-refractivity contribution in [3.8, 4) is 0 Å². The van der Waals surface area contributed by atoms with Gasteiger partial charge in [-0.05, 0) is 0 Å². The fourth-order valence-electron chi connectivity index (χ4n) is 1.10. The highest BCUT2D eigenvalue weighted by molar-refractivity contribution is 4.37. The normalized spacial score (nSPS) is 11.3. The van der Waals surface area contributed by atoms with Gasteiger partial charge in [0.1, 0.15) is 0 Å². The molecule has 0 N–H and O–H groups in total. The van der Waals surface area contributed by atoms with Gasteiger partial charge in [-0.25, -0.2) is 0 Å². The van der Waals surface area contributed by atoms with Crippen LogP contribution in [0.15, 0.2) is 0 Å². The molecule has 0 spiro atoms. The van der Waals surface area contributed by atoms with Gasteiger partial charge in [0.2, 0.25) is 0 Å². The summed E-state index contributed by atoms with van der Waals surface area (Å²) >= 11 is 0. The van der Waals surface area contributed by atoms with Crippen LogP contribution in [-0.4, -0.2) is 32.2 Å². The summed E-state index contributed by atoms with van der Waals surface area (Å²) in [4.78, 5) is 0. The summed E-state index contributed by atoms with van der Waals surface area (Å²) in [7, 11) is 6.67. The average Bonchev–Trinajstić information content (AvgIpc) is 1.21. The van der Waals surface area contributed by atoms with Crippen LogP contribution in [0.4, 0.5) is 0 Å². The quantitative estimate of drug-likeness (QED) is 0.415. The molecule has 0 heterocycles. The Labute approximate surface area is 65.1 Å². The first-order chi connectivity index (χ1) is 3.42. The van der Waals surface area contributed by atoms with Gasteiger partial charge in [-0.3, -0.25) is 0 Å². The van der Waals surface area contributed by atoms with Crippen molar-refractivity contribution in [3.63, 3.8) is 0 Å². The largest absolute Gasteiger partial charge is 1.00 e. The van der Waals surface area contributed by atoms with Gasteiger partial charge in [-0.15, -0.1) is 0 Å². The van der Waals surface area contributed by atoms with Crippen molar-refractivity contribution in [1.29, 1.82) is 0 Å². The Morgan fingerprint density at radius 3 is 1.44 bits per heavy atom. The van der Waals surface area contributed by atoms with Gasteiger partial charge in [0.15, 0.2) is 0 Å². The second kappa shape index (κ2) is 4.13. The van der Waals surface area contributed by atoms with Gasteiger partial charge >= 0.3 is 0 Å². The molecule has 0 saturated heterocycles. The van der Waals surface area contributed by atoms with Crippen LogP contribution in [0.2, 0.25) is 0 Å². The summed E-state index contributed by atoms with van der Waals surface area (Å²) in [5.41, 5.74) is 0. The molecule has 9 heavy (non-hydrogen) atoms. The smallest absolute Gasteiger partial charge is 0.0803 e. The van der Waals surface area contributed by atoms with E-state index in [1.807, 2.05) is 0 Å². The van der Waals surface area contributed by atoms with Crippen LogP contribution < -0.4 is 12.4 Å². The third-order valence-electron chi connectivity index (χ3n) is 0.913. The van der Waals surface area contributed by atoms with E-state index in [0.29, 0.717) is 0 Å². The fraction of sp³-hybridized carbons (Fsp3) is 1.00. The minimum Gasteiger partial charge on any atom is -1.00 e. The molecule has 0 atom stereocenters. The Kier molecular flexibility index (Phi) is 5.49. The molecule has 1 nitrogen and oxygen atoms in total. The van der Waals surface area contributed by atoms with Gasteiger partial charge in [-0.2, -0.15) is 0 Å². The summed E-state index contributed by atoms with van der Waals surface area (Å²) in [6, 6.07) is 0. The lowest BCUT2D eigenvalue weighted by atomic mass is 10.2. The van der Waals surface area contributed by atoms with E-state index >= 15 is 0 Å². The second-order valence-corrected chi connectivity index (χ2v) is 3.87. The molecule has 0 aliphatic carbocycles. The van der Waals surface area contributed by atoms with Gasteiger partial charge in [0.25, 0.3) is 0 Å². The van der Waals surface area contributed by atoms with Crippen molar-refractivity contribution < 1.29 is 16.9 Å². The van der Waals surface area contributed by atoms with E-state index in [-0.39, 0.29) is 12.4 Å². The number of rotatable bonds is 2. The molecular formula is C7H18ClN. The number of hydrogen-bond acceptors (Lipinski definition) is 0. The molecule has 0 bridgehead atoms. The zero-order chi connectivity index (χ0) is 6.78. The molecule has 58 valence electrons. The Bertz CT molecular complexity index is 63.8. The molecule has 0 radical (unpaired) electrons. The molecule has 0 aliphatic rings. The molecule has 0 rings (SSSR count). The molecule has 0 aliphatic heterocycles. The number of nitrogens with zero attached hydrogens (tertiary/aromatic N) is 1. The minimum atomic E-state index is 0. The predicted molar refractivity (Wildman–Crippen MR) is 37.7 cm³/mol. The van der Waals surface area contributed by atoms with Crippen LogP contribution in [-0.2, 0) is 0 Å². The lowest BCUT2D eigenvalue weighted by Crippen LogP contribution is -3.00. The highest BCUT2D eigenvalue weighted by atomic mass is 35.5. The molecule has 0 unspecified atom stereocenters. The van der Waals surface area contributed by atoms with Crippen molar-refractivity contribution in [1.82, 2.24) is 0 Å². The van der Waals surface area contributed by atoms with Crippen LogP contribution in [0.25, 0.3) is 0 Å². The van der Waals surface area contributed by atoms with Crippen LogP contribution in [0.3, 0.4) is 0 Å². The SMILES string of the molecule is CC(C)C[N+](C)(C)C.[Cl-]. The highest BCUT2D eigenvalue weighted by Gasteiger charge is 2.08. The van der Waals surface area contributed by atoms with Gasteiger partial charge in [0, 0.05) is 5.92 Å². The first-order valence-corrected chi connectivity index (χ1v) is 3.22. The number of halogens is 1. The number of quaternary nitrogens is 1. The van der Waals surface area contributed by atoms with Crippen LogP contribution >= 0.6 is 0 Å². The zero-order valence-electron chi connectivity index (χ0n) is 7.11. The third kappa shape index (κ3) is 11.7. The number of hydrogen-bond donors (Lipinski definition) is 0. The second-order valence-electron chi connectivity index (χ2n) is 3.87. The maximum atomic E-state index is 2.25. The average molecular weight is 152 g/mol. The molecule has 0 amide bonds. The van der Waals surface area contributed by atoms with Crippen molar-refractivity contribution in [2.45, 2.75) is 13.8 Å². The molecule has 0 fully saturated rings. The van der Waals surface area contributed by atoms with Crippen LogP contribution in [0.1, 0.15) is 13.8 Å². The standard InChI is InChI=1S/C7H18N.ClH/c1-7(2)6-8(3,4)5;/h7H,6H2,1-5H3;1H/q+1;/p-1. The summed E-state index contributed by atoms with van der Waals surface area (Å²) in [6.45, 7) is 5.77. The summed E-state index contributed by atoms with van der Waals surface area (Å²) in [5, 5.41) is 0. The highest BCUT2D eigenvalue weighted by Crippen LogP contribution is 1.98. The van der Waals surface area contributed by atoms with E-state index in [2.05, 4.69) is 35.0 Å². The van der Waals surface area contributed by atoms with Gasteiger partial charge in [-0.1, -0.05) is 13.8 Å². The van der Waals surface area contributed by atoms with Gasteiger partial charge < -0.3 is 16.9 Å². The Balaban J connectivity index is 0. The minimum absolute atomic E-state index is 0. The predicted octanol–water partition coefficient (Wildman–Crippen LogP) is -1.65. The Morgan fingerprint density at radius 1 is 1.11 bits per heavy atom. The zero-order valence-corrected chi connectivity index (χ0v) is 7.87. The monoisotopic (exact) mass is 151 g/mol. The summed E-state index contributed by atoms with van der Waals surface area (Å²) in [6.07, 6.45) is 0. The van der Waals surface area contributed by atoms with Crippen LogP contribution in [0, 0.1) is 5.92 Å². The maximum Gasteiger partial charge on any atom is 0.0803 e. The van der Waals surface area contributed by atoms with E-state index < -0.39 is 0 Å². The van der Waals surface area contributed by atoms with E-state index in [4.69, 9.17) is 0 Å². The van der Waals surface area contributed by atoms with E-state index in [1.54, 1.807) is 0 Å². The van der Waals surface area contributed by atoms with Crippen molar-refractivity contribution >= 4 is 0 Å². The van der Waals surface area contributed by atoms with E-state index in [9.17, 15) is 0 Å². The van der Waals surface area contributed by atoms with Crippen molar-refractivity contribution in [2.24, 2.45) is 5.92 Å². The molecule has 0 aromatic heterocycles. The topological polar surface area (TPSA) is 0 Å². The Hall–Kier alpha value is 0.250. The first-order valence-electron chi connectivity index (χ1n) is 3.22. The fourth-order valence-corrected chi connectivity index (χ4v) is 1.10. The molecular weight excluding hydrogens is 134 g/mol. The molecule has 0 aromatic rings. The summed E-state index contributed by atoms with van der Waals surface area (Å²) in [5.74, 6) is 0.815. The van der Waals surface area contributed by atoms with Crippen LogP contribution in [0.5, 0.6) is 0 Å². The van der Waals surface area contributed by atoms with Gasteiger partial charge in [0.05, 0.1) is 27.7 Å². The first kappa shape index (κ1) is 12.0. The van der Waals surface area contributed by atoms with Crippen molar-refractivity contribution in [2.75, 3.05) is 27.7 Å². The van der Waals surface area contributed by atoms with E-state index in [0.717, 1.165) is 10.4 Å². The van der Waals surface area contributed by atoms with E-state index in [1.165, 1.54) is 6.54 Å². The lowest BCUT2D eigenvalue weighted by molar-refractivity contribution is -0.873. The molecule has 2 heteroatoms. The summed E-state index contributed by atoms with van der Waals surface area (Å²) < 4.78 is 1.08. The lowest BCUT2D eigenvalue weighted by Gasteiger charge is -2.25. The molecule has 0 aromatic carbocycles. The Morgan fingerprint density at radius 2 is 1.44 bits per heavy atom. The van der Waals surface area contributed by atoms with Crippen molar-refractivity contribution in [3.05, 3.63) is 0 Å². The third-order valence-corrected chi connectivity index (χ3v) is 0.913. The maximum absolute atomic E-state index is 2.25.